The van der Waals surface area contributed by atoms with E-state index in [2.05, 4.69) is 32.4 Å². The summed E-state index contributed by atoms with van der Waals surface area (Å²) < 4.78 is 14.5. The molecule has 0 bridgehead atoms. The molecule has 3 aromatic heterocycles. The molecule has 0 aliphatic heterocycles. The molecule has 1 aromatic carbocycles. The number of halogens is 2. The summed E-state index contributed by atoms with van der Waals surface area (Å²) >= 11 is 8.14. The summed E-state index contributed by atoms with van der Waals surface area (Å²) in [5.41, 5.74) is 3.17. The van der Waals surface area contributed by atoms with Crippen molar-refractivity contribution in [3.8, 4) is 0 Å². The van der Waals surface area contributed by atoms with Crippen molar-refractivity contribution >= 4 is 49.4 Å². The van der Waals surface area contributed by atoms with Gasteiger partial charge in [-0.05, 0) is 24.5 Å². The van der Waals surface area contributed by atoms with Gasteiger partial charge in [-0.1, -0.05) is 36.3 Å². The largest absolute Gasteiger partial charge is 0.357 e. The van der Waals surface area contributed by atoms with Gasteiger partial charge in [0.05, 0.1) is 27.3 Å². The normalized spacial score (nSPS) is 20.1. The van der Waals surface area contributed by atoms with Crippen LogP contribution in [0, 0.1) is 5.82 Å². The minimum atomic E-state index is -0.375. The fraction of sp³-hybridized carbons (Fsp3) is 0.350. The monoisotopic (exact) mass is 415 g/mol. The lowest BCUT2D eigenvalue weighted by atomic mass is 9.95. The molecule has 8 heteroatoms. The molecule has 2 N–H and O–H groups in total. The van der Waals surface area contributed by atoms with Gasteiger partial charge in [0.15, 0.2) is 10.8 Å². The van der Waals surface area contributed by atoms with E-state index in [0.717, 1.165) is 39.6 Å². The number of hydrogen-bond donors (Lipinski definition) is 2. The van der Waals surface area contributed by atoms with E-state index in [1.54, 1.807) is 11.3 Å². The van der Waals surface area contributed by atoms with Gasteiger partial charge in [0.2, 0.25) is 0 Å². The topological polar surface area (TPSA) is 66.5 Å². The van der Waals surface area contributed by atoms with E-state index in [1.165, 1.54) is 25.1 Å². The summed E-state index contributed by atoms with van der Waals surface area (Å²) in [6.07, 6.45) is 6.31. The smallest absolute Gasteiger partial charge is 0.184 e. The predicted molar refractivity (Wildman–Crippen MR) is 112 cm³/mol. The van der Waals surface area contributed by atoms with Crippen molar-refractivity contribution in [2.45, 2.75) is 43.5 Å². The number of hydrogen-bond acceptors (Lipinski definition) is 5. The minimum Gasteiger partial charge on any atom is -0.357 e. The number of H-pyrrole nitrogens is 1. The van der Waals surface area contributed by atoms with Crippen LogP contribution in [0.2, 0.25) is 0 Å². The zero-order valence-electron chi connectivity index (χ0n) is 15.1. The predicted octanol–water partition coefficient (Wildman–Crippen LogP) is 5.26. The van der Waals surface area contributed by atoms with Gasteiger partial charge in [-0.3, -0.25) is 0 Å². The van der Waals surface area contributed by atoms with Crippen LogP contribution < -0.4 is 5.32 Å². The van der Waals surface area contributed by atoms with Crippen molar-refractivity contribution in [2.75, 3.05) is 5.32 Å². The van der Waals surface area contributed by atoms with Gasteiger partial charge in [-0.25, -0.2) is 19.3 Å². The van der Waals surface area contributed by atoms with Gasteiger partial charge in [-0.15, -0.1) is 11.6 Å². The molecule has 2 atom stereocenters. The van der Waals surface area contributed by atoms with Crippen LogP contribution in [0.5, 0.6) is 0 Å². The molecule has 1 aliphatic rings. The molecule has 1 fully saturated rings. The third-order valence-electron chi connectivity index (χ3n) is 5.20. The zero-order chi connectivity index (χ0) is 19.1. The fourth-order valence-corrected chi connectivity index (χ4v) is 5.12. The Morgan fingerprint density at radius 1 is 1.25 bits per heavy atom. The van der Waals surface area contributed by atoms with E-state index in [9.17, 15) is 4.39 Å². The molecule has 0 saturated heterocycles. The van der Waals surface area contributed by atoms with Gasteiger partial charge in [0.1, 0.15) is 11.6 Å². The van der Waals surface area contributed by atoms with Crippen LogP contribution in [-0.2, 0) is 6.42 Å². The lowest BCUT2D eigenvalue weighted by molar-refractivity contribution is 0.469. The number of aromatic nitrogens is 4. The Hall–Kier alpha value is -2.25. The maximum absolute atomic E-state index is 13.4. The lowest BCUT2D eigenvalue weighted by Gasteiger charge is -2.27. The Labute approximate surface area is 170 Å². The summed E-state index contributed by atoms with van der Waals surface area (Å²) in [5.74, 6) is 0.372. The van der Waals surface area contributed by atoms with Crippen LogP contribution in [0.25, 0.3) is 21.4 Å². The molecular formula is C20H19ClFN5S. The minimum absolute atomic E-state index is 0.156. The number of para-hydroxylation sites is 1. The average Bonchev–Trinajstić information content (AvgIpc) is 3.27. The van der Waals surface area contributed by atoms with Crippen LogP contribution in [0.1, 0.15) is 37.1 Å². The van der Waals surface area contributed by atoms with Gasteiger partial charge in [0, 0.05) is 18.5 Å². The molecule has 0 radical (unpaired) electrons. The summed E-state index contributed by atoms with van der Waals surface area (Å²) in [7, 11) is 0. The van der Waals surface area contributed by atoms with E-state index in [4.69, 9.17) is 16.6 Å². The highest BCUT2D eigenvalue weighted by Crippen LogP contribution is 2.32. The third kappa shape index (κ3) is 3.44. The second-order valence-corrected chi connectivity index (χ2v) is 8.81. The van der Waals surface area contributed by atoms with E-state index >= 15 is 0 Å². The molecule has 28 heavy (non-hydrogen) atoms. The zero-order valence-corrected chi connectivity index (χ0v) is 16.7. The Balaban J connectivity index is 1.43. The van der Waals surface area contributed by atoms with Crippen LogP contribution >= 0.6 is 22.9 Å². The summed E-state index contributed by atoms with van der Waals surface area (Å²) in [6.45, 7) is 0. The number of aromatic amines is 1. The Morgan fingerprint density at radius 2 is 2.14 bits per heavy atom. The molecule has 144 valence electrons. The van der Waals surface area contributed by atoms with Crippen molar-refractivity contribution in [3.63, 3.8) is 0 Å². The molecule has 2 unspecified atom stereocenters. The van der Waals surface area contributed by atoms with Gasteiger partial charge in [0.25, 0.3) is 0 Å². The molecule has 1 aliphatic carbocycles. The van der Waals surface area contributed by atoms with Gasteiger partial charge in [-0.2, -0.15) is 0 Å². The van der Waals surface area contributed by atoms with Crippen LogP contribution in [-0.4, -0.2) is 31.4 Å². The van der Waals surface area contributed by atoms with Crippen LogP contribution in [0.4, 0.5) is 9.52 Å². The molecule has 1 saturated carbocycles. The van der Waals surface area contributed by atoms with Crippen molar-refractivity contribution < 1.29 is 4.39 Å². The Bertz CT molecular complexity index is 1140. The number of pyridine rings is 1. The molecule has 0 spiro atoms. The molecule has 4 aromatic rings. The fourth-order valence-electron chi connectivity index (χ4n) is 3.81. The van der Waals surface area contributed by atoms with E-state index in [-0.39, 0.29) is 17.2 Å². The average molecular weight is 416 g/mol. The number of anilines is 1. The molecular weight excluding hydrogens is 397 g/mol. The Morgan fingerprint density at radius 3 is 3.04 bits per heavy atom. The lowest BCUT2D eigenvalue weighted by Crippen LogP contribution is -2.32. The first-order chi connectivity index (χ1) is 13.7. The Kier molecular flexibility index (Phi) is 4.64. The number of imidazole rings is 1. The highest BCUT2D eigenvalue weighted by Gasteiger charge is 2.24. The second kappa shape index (κ2) is 7.29. The van der Waals surface area contributed by atoms with Crippen LogP contribution in [0.15, 0.2) is 30.5 Å². The number of nitrogens with one attached hydrogen (secondary N) is 2. The number of rotatable bonds is 4. The standard InChI is InChI=1S/C20H19ClFN5S/c21-13-5-1-2-6-14(13)25-20-27-18-11(4-3-7-16(18)28-20)8-17-24-15-9-12(22)10-23-19(15)26-17/h3-4,7,9-10,13-14H,1-2,5-6,8H2,(H,25,27)(H,23,24,26). The summed E-state index contributed by atoms with van der Waals surface area (Å²) in [4.78, 5) is 16.5. The van der Waals surface area contributed by atoms with E-state index in [0.29, 0.717) is 17.6 Å². The maximum Gasteiger partial charge on any atom is 0.184 e. The van der Waals surface area contributed by atoms with Gasteiger partial charge < -0.3 is 10.3 Å². The highest BCUT2D eigenvalue weighted by atomic mass is 35.5. The number of fused-ring (bicyclic) bond motifs is 2. The highest BCUT2D eigenvalue weighted by molar-refractivity contribution is 7.22. The van der Waals surface area contributed by atoms with Crippen molar-refractivity contribution in [1.82, 2.24) is 19.9 Å². The summed E-state index contributed by atoms with van der Waals surface area (Å²) in [6, 6.07) is 7.85. The SMILES string of the molecule is Fc1cnc2nc(Cc3cccc4sc(NC5CCCCC5Cl)nc34)[nH]c2c1. The number of benzene rings is 1. The maximum atomic E-state index is 13.4. The molecule has 5 rings (SSSR count). The van der Waals surface area contributed by atoms with Crippen molar-refractivity contribution in [2.24, 2.45) is 0 Å². The quantitative estimate of drug-likeness (QED) is 0.446. The first-order valence-corrected chi connectivity index (χ1v) is 10.7. The molecule has 3 heterocycles. The first kappa shape index (κ1) is 17.8. The van der Waals surface area contributed by atoms with Crippen molar-refractivity contribution in [1.29, 1.82) is 0 Å². The number of alkyl halides is 1. The molecule has 0 amide bonds. The number of nitrogens with zero attached hydrogens (tertiary/aromatic N) is 3. The second-order valence-electron chi connectivity index (χ2n) is 7.22. The van der Waals surface area contributed by atoms with Gasteiger partial charge >= 0.3 is 0 Å². The van der Waals surface area contributed by atoms with Crippen LogP contribution in [0.3, 0.4) is 0 Å². The van der Waals surface area contributed by atoms with Crippen molar-refractivity contribution in [3.05, 3.63) is 47.7 Å². The number of thiazole rings is 1. The van der Waals surface area contributed by atoms with E-state index < -0.39 is 0 Å². The summed E-state index contributed by atoms with van der Waals surface area (Å²) in [5, 5.41) is 4.61. The van der Waals surface area contributed by atoms with E-state index in [1.807, 2.05) is 6.07 Å². The third-order valence-corrected chi connectivity index (χ3v) is 6.68. The molecule has 5 nitrogen and oxygen atoms in total. The first-order valence-electron chi connectivity index (χ1n) is 9.45.